The van der Waals surface area contributed by atoms with Crippen LogP contribution < -0.4 is 5.32 Å². The average Bonchev–Trinajstić information content (AvgIpc) is 2.83. The van der Waals surface area contributed by atoms with E-state index in [4.69, 9.17) is 11.6 Å². The summed E-state index contributed by atoms with van der Waals surface area (Å²) in [6, 6.07) is 3.95. The molecule has 1 fully saturated rings. The van der Waals surface area contributed by atoms with Crippen LogP contribution in [0, 0.1) is 0 Å². The number of halogens is 1. The molecule has 1 aliphatic rings. The molecule has 0 saturated carbocycles. The van der Waals surface area contributed by atoms with Crippen LogP contribution in [0.1, 0.15) is 12.8 Å². The van der Waals surface area contributed by atoms with Gasteiger partial charge in [0, 0.05) is 6.04 Å². The summed E-state index contributed by atoms with van der Waals surface area (Å²) in [7, 11) is -2.84. The fraction of sp³-hybridized carbons (Fsp3) is 0.417. The normalized spacial score (nSPS) is 19.6. The van der Waals surface area contributed by atoms with E-state index in [1.807, 2.05) is 12.1 Å². The van der Waals surface area contributed by atoms with Crippen molar-refractivity contribution in [3.8, 4) is 0 Å². The predicted molar refractivity (Wildman–Crippen MR) is 79.9 cm³/mol. The SMILES string of the molecule is O=S1(=O)CCC(Nc2c(Cl)ccc3scnc23)CC1. The second-order valence-electron chi connectivity index (χ2n) is 4.69. The fourth-order valence-electron chi connectivity index (χ4n) is 2.28. The zero-order chi connectivity index (χ0) is 13.5. The monoisotopic (exact) mass is 316 g/mol. The molecule has 3 rings (SSSR count). The minimum absolute atomic E-state index is 0.147. The fourth-order valence-corrected chi connectivity index (χ4v) is 4.67. The molecule has 1 aromatic heterocycles. The Kier molecular flexibility index (Phi) is 3.41. The molecule has 0 atom stereocenters. The number of nitrogens with zero attached hydrogens (tertiary/aromatic N) is 1. The maximum atomic E-state index is 11.4. The van der Waals surface area contributed by atoms with Crippen LogP contribution in [-0.2, 0) is 9.84 Å². The Hall–Kier alpha value is -0.850. The van der Waals surface area contributed by atoms with Crippen LogP contribution in [0.15, 0.2) is 17.6 Å². The van der Waals surface area contributed by atoms with Gasteiger partial charge in [0.2, 0.25) is 0 Å². The number of rotatable bonds is 2. The summed E-state index contributed by atoms with van der Waals surface area (Å²) in [6.45, 7) is 0. The van der Waals surface area contributed by atoms with Crippen LogP contribution in [0.4, 0.5) is 5.69 Å². The summed E-state index contributed by atoms with van der Waals surface area (Å²) >= 11 is 7.79. The molecular formula is C12H13ClN2O2S2. The number of anilines is 1. The first-order chi connectivity index (χ1) is 9.05. The first kappa shape index (κ1) is 13.1. The molecule has 2 heterocycles. The highest BCUT2D eigenvalue weighted by Gasteiger charge is 2.24. The van der Waals surface area contributed by atoms with Gasteiger partial charge in [0.25, 0.3) is 0 Å². The van der Waals surface area contributed by atoms with Gasteiger partial charge in [-0.15, -0.1) is 11.3 Å². The van der Waals surface area contributed by atoms with Crippen molar-refractivity contribution >= 4 is 48.7 Å². The third-order valence-corrected chi connectivity index (χ3v) is 6.18. The van der Waals surface area contributed by atoms with Gasteiger partial charge in [0.15, 0.2) is 0 Å². The number of fused-ring (bicyclic) bond motifs is 1. The lowest BCUT2D eigenvalue weighted by atomic mass is 10.1. The number of aromatic nitrogens is 1. The van der Waals surface area contributed by atoms with Gasteiger partial charge < -0.3 is 5.32 Å². The smallest absolute Gasteiger partial charge is 0.150 e. The number of thiazole rings is 1. The third-order valence-electron chi connectivity index (χ3n) is 3.35. The Labute approximate surface area is 120 Å². The van der Waals surface area contributed by atoms with Gasteiger partial charge >= 0.3 is 0 Å². The second kappa shape index (κ2) is 4.92. The largest absolute Gasteiger partial charge is 0.379 e. The van der Waals surface area contributed by atoms with Crippen LogP contribution >= 0.6 is 22.9 Å². The highest BCUT2D eigenvalue weighted by Crippen LogP contribution is 2.33. The van der Waals surface area contributed by atoms with E-state index in [2.05, 4.69) is 10.3 Å². The molecule has 0 amide bonds. The molecule has 0 spiro atoms. The molecule has 102 valence electrons. The number of hydrogen-bond acceptors (Lipinski definition) is 5. The Bertz CT molecular complexity index is 698. The van der Waals surface area contributed by atoms with Crippen molar-refractivity contribution in [1.29, 1.82) is 0 Å². The van der Waals surface area contributed by atoms with E-state index >= 15 is 0 Å². The van der Waals surface area contributed by atoms with E-state index in [1.54, 1.807) is 16.8 Å². The highest BCUT2D eigenvalue weighted by molar-refractivity contribution is 7.91. The van der Waals surface area contributed by atoms with Crippen LogP contribution in [0.3, 0.4) is 0 Å². The minimum atomic E-state index is -2.84. The van der Waals surface area contributed by atoms with Gasteiger partial charge in [-0.05, 0) is 25.0 Å². The lowest BCUT2D eigenvalue weighted by Gasteiger charge is -2.24. The predicted octanol–water partition coefficient (Wildman–Crippen LogP) is 2.94. The van der Waals surface area contributed by atoms with Gasteiger partial charge in [0.1, 0.15) is 15.4 Å². The quantitative estimate of drug-likeness (QED) is 0.925. The molecule has 0 unspecified atom stereocenters. The van der Waals surface area contributed by atoms with Crippen molar-refractivity contribution in [3.63, 3.8) is 0 Å². The second-order valence-corrected chi connectivity index (χ2v) is 8.29. The molecule has 1 N–H and O–H groups in total. The molecule has 0 bridgehead atoms. The molecule has 1 aromatic carbocycles. The van der Waals surface area contributed by atoms with Crippen LogP contribution in [0.2, 0.25) is 5.02 Å². The van der Waals surface area contributed by atoms with Gasteiger partial charge in [0.05, 0.1) is 32.4 Å². The molecule has 2 aromatic rings. The molecule has 19 heavy (non-hydrogen) atoms. The number of sulfone groups is 1. The van der Waals surface area contributed by atoms with E-state index in [9.17, 15) is 8.42 Å². The number of nitrogens with one attached hydrogen (secondary N) is 1. The maximum absolute atomic E-state index is 11.4. The van der Waals surface area contributed by atoms with E-state index in [0.29, 0.717) is 17.9 Å². The van der Waals surface area contributed by atoms with Gasteiger partial charge in [-0.2, -0.15) is 0 Å². The summed E-state index contributed by atoms with van der Waals surface area (Å²) in [5.41, 5.74) is 3.48. The van der Waals surface area contributed by atoms with Gasteiger partial charge in [-0.3, -0.25) is 0 Å². The lowest BCUT2D eigenvalue weighted by Crippen LogP contribution is -2.32. The molecule has 0 radical (unpaired) electrons. The zero-order valence-corrected chi connectivity index (χ0v) is 12.5. The lowest BCUT2D eigenvalue weighted by molar-refractivity contribution is 0.560. The molecular weight excluding hydrogens is 304 g/mol. The van der Waals surface area contributed by atoms with Crippen molar-refractivity contribution in [2.45, 2.75) is 18.9 Å². The van der Waals surface area contributed by atoms with E-state index in [1.165, 1.54) is 0 Å². The van der Waals surface area contributed by atoms with Gasteiger partial charge in [-0.1, -0.05) is 11.6 Å². The highest BCUT2D eigenvalue weighted by atomic mass is 35.5. The van der Waals surface area contributed by atoms with Crippen LogP contribution in [0.25, 0.3) is 10.2 Å². The van der Waals surface area contributed by atoms with Crippen molar-refractivity contribution in [3.05, 3.63) is 22.7 Å². The van der Waals surface area contributed by atoms with Crippen molar-refractivity contribution in [2.75, 3.05) is 16.8 Å². The Morgan fingerprint density at radius 3 is 2.79 bits per heavy atom. The summed E-state index contributed by atoms with van der Waals surface area (Å²) in [6.07, 6.45) is 1.25. The molecule has 0 aliphatic carbocycles. The Morgan fingerprint density at radius 1 is 1.32 bits per heavy atom. The summed E-state index contributed by atoms with van der Waals surface area (Å²) < 4.78 is 23.9. The third kappa shape index (κ3) is 2.70. The van der Waals surface area contributed by atoms with Crippen molar-refractivity contribution in [2.24, 2.45) is 0 Å². The van der Waals surface area contributed by atoms with Crippen molar-refractivity contribution < 1.29 is 8.42 Å². The summed E-state index contributed by atoms with van der Waals surface area (Å²) in [5.74, 6) is 0.491. The topological polar surface area (TPSA) is 59.1 Å². The Balaban J connectivity index is 1.86. The first-order valence-electron chi connectivity index (χ1n) is 6.04. The van der Waals surface area contributed by atoms with Gasteiger partial charge in [-0.25, -0.2) is 13.4 Å². The van der Waals surface area contributed by atoms with Crippen LogP contribution in [-0.4, -0.2) is 30.9 Å². The molecule has 4 nitrogen and oxygen atoms in total. The zero-order valence-electron chi connectivity index (χ0n) is 10.1. The Morgan fingerprint density at radius 2 is 2.05 bits per heavy atom. The standard InChI is InChI=1S/C12H13ClN2O2S2/c13-9-1-2-10-12(14-7-18-10)11(9)15-8-3-5-19(16,17)6-4-8/h1-2,7-8,15H,3-6H2. The maximum Gasteiger partial charge on any atom is 0.150 e. The van der Waals surface area contributed by atoms with E-state index in [-0.39, 0.29) is 17.5 Å². The van der Waals surface area contributed by atoms with E-state index in [0.717, 1.165) is 15.9 Å². The average molecular weight is 317 g/mol. The summed E-state index contributed by atoms with van der Waals surface area (Å²) in [5, 5.41) is 4.00. The first-order valence-corrected chi connectivity index (χ1v) is 9.12. The molecule has 1 saturated heterocycles. The van der Waals surface area contributed by atoms with E-state index < -0.39 is 9.84 Å². The van der Waals surface area contributed by atoms with Crippen LogP contribution in [0.5, 0.6) is 0 Å². The summed E-state index contributed by atoms with van der Waals surface area (Å²) in [4.78, 5) is 4.33. The number of benzene rings is 1. The molecule has 1 aliphatic heterocycles. The number of hydrogen-bond donors (Lipinski definition) is 1. The minimum Gasteiger partial charge on any atom is -0.379 e. The molecule has 7 heteroatoms. The van der Waals surface area contributed by atoms with Crippen molar-refractivity contribution in [1.82, 2.24) is 4.98 Å².